The van der Waals surface area contributed by atoms with Crippen molar-refractivity contribution in [3.05, 3.63) is 79.9 Å². The maximum Gasteiger partial charge on any atom is 0.338 e. The smallest absolute Gasteiger partial charge is 0.338 e. The molecule has 3 aromatic rings. The molecule has 29 heavy (non-hydrogen) atoms. The highest BCUT2D eigenvalue weighted by Gasteiger charge is 2.22. The molecule has 150 valence electrons. The SMILES string of the molecule is COc1ccc(/C=C\c2onc(C)c2[N+](=O)[O-])cc1OCc1c(F)cccc1Cl. The Morgan fingerprint density at radius 2 is 2.07 bits per heavy atom. The summed E-state index contributed by atoms with van der Waals surface area (Å²) in [6, 6.07) is 9.43. The van der Waals surface area contributed by atoms with Gasteiger partial charge in [-0.2, -0.15) is 0 Å². The Labute approximate surface area is 170 Å². The molecule has 0 spiro atoms. The van der Waals surface area contributed by atoms with Crippen molar-refractivity contribution in [1.29, 1.82) is 0 Å². The molecule has 0 aliphatic carbocycles. The van der Waals surface area contributed by atoms with E-state index in [2.05, 4.69) is 5.16 Å². The minimum atomic E-state index is -0.549. The summed E-state index contributed by atoms with van der Waals surface area (Å²) in [6.07, 6.45) is 3.05. The molecule has 0 saturated carbocycles. The molecule has 9 heteroatoms. The van der Waals surface area contributed by atoms with Crippen molar-refractivity contribution in [2.75, 3.05) is 7.11 Å². The van der Waals surface area contributed by atoms with Crippen LogP contribution >= 0.6 is 11.6 Å². The highest BCUT2D eigenvalue weighted by molar-refractivity contribution is 6.31. The monoisotopic (exact) mass is 418 g/mol. The fourth-order valence-electron chi connectivity index (χ4n) is 2.62. The van der Waals surface area contributed by atoms with E-state index in [1.54, 1.807) is 30.3 Å². The summed E-state index contributed by atoms with van der Waals surface area (Å²) in [5.74, 6) is 0.359. The summed E-state index contributed by atoms with van der Waals surface area (Å²) in [7, 11) is 1.48. The molecule has 0 aliphatic heterocycles. The van der Waals surface area contributed by atoms with Gasteiger partial charge in [0, 0.05) is 5.56 Å². The number of hydrogen-bond acceptors (Lipinski definition) is 6. The van der Waals surface area contributed by atoms with Gasteiger partial charge in [0.05, 0.1) is 17.1 Å². The van der Waals surface area contributed by atoms with E-state index in [1.807, 2.05) is 0 Å². The Kier molecular flexibility index (Phi) is 6.13. The van der Waals surface area contributed by atoms with Crippen molar-refractivity contribution in [1.82, 2.24) is 5.16 Å². The average molecular weight is 419 g/mol. The van der Waals surface area contributed by atoms with Gasteiger partial charge in [0.25, 0.3) is 0 Å². The van der Waals surface area contributed by atoms with Crippen molar-refractivity contribution < 1.29 is 23.3 Å². The number of hydrogen-bond donors (Lipinski definition) is 0. The second-order valence-corrected chi connectivity index (χ2v) is 6.38. The molecule has 0 bridgehead atoms. The summed E-state index contributed by atoms with van der Waals surface area (Å²) >= 11 is 6.03. The van der Waals surface area contributed by atoms with Crippen LogP contribution in [-0.4, -0.2) is 17.2 Å². The van der Waals surface area contributed by atoms with Crippen LogP contribution < -0.4 is 9.47 Å². The zero-order valence-electron chi connectivity index (χ0n) is 15.5. The molecule has 0 N–H and O–H groups in total. The Morgan fingerprint density at radius 1 is 1.28 bits per heavy atom. The topological polar surface area (TPSA) is 87.6 Å². The normalized spacial score (nSPS) is 11.0. The van der Waals surface area contributed by atoms with Crippen molar-refractivity contribution >= 4 is 29.4 Å². The quantitative estimate of drug-likeness (QED) is 0.375. The number of methoxy groups -OCH3 is 1. The van der Waals surface area contributed by atoms with Gasteiger partial charge in [0.15, 0.2) is 17.2 Å². The second kappa shape index (κ2) is 8.74. The van der Waals surface area contributed by atoms with Gasteiger partial charge in [-0.05, 0) is 42.8 Å². The lowest BCUT2D eigenvalue weighted by Gasteiger charge is -2.12. The van der Waals surface area contributed by atoms with Gasteiger partial charge in [-0.25, -0.2) is 4.39 Å². The fraction of sp³-hybridized carbons (Fsp3) is 0.150. The molecule has 0 unspecified atom stereocenters. The summed E-state index contributed by atoms with van der Waals surface area (Å²) < 4.78 is 29.9. The zero-order chi connectivity index (χ0) is 21.0. The molecule has 7 nitrogen and oxygen atoms in total. The highest BCUT2D eigenvalue weighted by atomic mass is 35.5. The molecule has 0 aliphatic rings. The summed E-state index contributed by atoms with van der Waals surface area (Å²) in [5.41, 5.74) is 0.879. The van der Waals surface area contributed by atoms with E-state index in [-0.39, 0.29) is 34.3 Å². The Hall–Kier alpha value is -3.39. The van der Waals surface area contributed by atoms with E-state index in [1.165, 1.54) is 32.2 Å². The van der Waals surface area contributed by atoms with Crippen LogP contribution in [0.2, 0.25) is 5.02 Å². The minimum Gasteiger partial charge on any atom is -0.493 e. The van der Waals surface area contributed by atoms with Gasteiger partial charge in [-0.15, -0.1) is 0 Å². The first-order valence-electron chi connectivity index (χ1n) is 8.43. The third kappa shape index (κ3) is 4.55. The van der Waals surface area contributed by atoms with E-state index < -0.39 is 10.7 Å². The molecule has 2 aromatic carbocycles. The summed E-state index contributed by atoms with van der Waals surface area (Å²) in [5, 5.41) is 15.0. The minimum absolute atomic E-state index is 0.0314. The average Bonchev–Trinajstić information content (AvgIpc) is 3.06. The van der Waals surface area contributed by atoms with E-state index in [4.69, 9.17) is 25.6 Å². The van der Waals surface area contributed by atoms with Crippen molar-refractivity contribution in [2.24, 2.45) is 0 Å². The number of halogens is 2. The number of nitrogens with zero attached hydrogens (tertiary/aromatic N) is 2. The molecule has 0 fully saturated rings. The molecule has 0 atom stereocenters. The molecular weight excluding hydrogens is 403 g/mol. The van der Waals surface area contributed by atoms with E-state index in [0.29, 0.717) is 17.1 Å². The number of aromatic nitrogens is 1. The first-order valence-corrected chi connectivity index (χ1v) is 8.81. The molecule has 0 saturated heterocycles. The largest absolute Gasteiger partial charge is 0.493 e. The van der Waals surface area contributed by atoms with Gasteiger partial charge in [0.2, 0.25) is 5.76 Å². The predicted octanol–water partition coefficient (Wildman–Crippen LogP) is 5.44. The molecular formula is C20H16ClFN2O5. The molecule has 0 radical (unpaired) electrons. The second-order valence-electron chi connectivity index (χ2n) is 5.97. The first kappa shape index (κ1) is 20.3. The van der Waals surface area contributed by atoms with Crippen LogP contribution in [-0.2, 0) is 6.61 Å². The van der Waals surface area contributed by atoms with Gasteiger partial charge in [-0.3, -0.25) is 10.1 Å². The Morgan fingerprint density at radius 3 is 2.76 bits per heavy atom. The van der Waals surface area contributed by atoms with Crippen LogP contribution in [0.3, 0.4) is 0 Å². The van der Waals surface area contributed by atoms with E-state index in [9.17, 15) is 14.5 Å². The van der Waals surface area contributed by atoms with Gasteiger partial charge >= 0.3 is 5.69 Å². The summed E-state index contributed by atoms with van der Waals surface area (Å²) in [6.45, 7) is 1.40. The lowest BCUT2D eigenvalue weighted by molar-refractivity contribution is -0.386. The van der Waals surface area contributed by atoms with Crippen molar-refractivity contribution in [2.45, 2.75) is 13.5 Å². The molecule has 3 rings (SSSR count). The van der Waals surface area contributed by atoms with E-state index >= 15 is 0 Å². The van der Waals surface area contributed by atoms with Crippen molar-refractivity contribution in [3.63, 3.8) is 0 Å². The molecule has 1 aromatic heterocycles. The lowest BCUT2D eigenvalue weighted by Crippen LogP contribution is -2.01. The highest BCUT2D eigenvalue weighted by Crippen LogP contribution is 2.31. The van der Waals surface area contributed by atoms with Gasteiger partial charge in [0.1, 0.15) is 12.4 Å². The maximum atomic E-state index is 14.0. The van der Waals surface area contributed by atoms with Crippen LogP contribution in [0.4, 0.5) is 10.1 Å². The third-order valence-corrected chi connectivity index (χ3v) is 4.44. The zero-order valence-corrected chi connectivity index (χ0v) is 16.3. The predicted molar refractivity (Wildman–Crippen MR) is 106 cm³/mol. The van der Waals surface area contributed by atoms with Crippen molar-refractivity contribution in [3.8, 4) is 11.5 Å². The van der Waals surface area contributed by atoms with Crippen LogP contribution in [0.5, 0.6) is 11.5 Å². The Balaban J connectivity index is 1.85. The number of benzene rings is 2. The third-order valence-electron chi connectivity index (χ3n) is 4.09. The number of nitro groups is 1. The standard InChI is InChI=1S/C20H16ClFN2O5/c1-12-20(24(25)26)18(29-23-12)9-7-13-6-8-17(27-2)19(10-13)28-11-14-15(21)4-3-5-16(14)22/h3-10H,11H2,1-2H3/b9-7-. The fourth-order valence-corrected chi connectivity index (χ4v) is 2.83. The summed E-state index contributed by atoms with van der Waals surface area (Å²) in [4.78, 5) is 10.6. The molecule has 1 heterocycles. The van der Waals surface area contributed by atoms with Crippen LogP contribution in [0.15, 0.2) is 40.9 Å². The van der Waals surface area contributed by atoms with Crippen LogP contribution in [0.1, 0.15) is 22.6 Å². The number of aryl methyl sites for hydroxylation is 1. The van der Waals surface area contributed by atoms with E-state index in [0.717, 1.165) is 0 Å². The van der Waals surface area contributed by atoms with Gasteiger partial charge in [-0.1, -0.05) is 35.0 Å². The molecule has 0 amide bonds. The van der Waals surface area contributed by atoms with Gasteiger partial charge < -0.3 is 14.0 Å². The first-order chi connectivity index (χ1) is 13.9. The number of rotatable bonds is 7. The number of ether oxygens (including phenoxy) is 2. The lowest BCUT2D eigenvalue weighted by atomic mass is 10.1. The van der Waals surface area contributed by atoms with Crippen LogP contribution in [0.25, 0.3) is 12.2 Å². The maximum absolute atomic E-state index is 14.0. The Bertz CT molecular complexity index is 1060. The van der Waals surface area contributed by atoms with Crippen LogP contribution in [0, 0.1) is 22.9 Å².